The number of phenols is 1. The van der Waals surface area contributed by atoms with Gasteiger partial charge in [-0.1, -0.05) is 26.8 Å². The molecule has 1 aromatic carbocycles. The van der Waals surface area contributed by atoms with E-state index in [9.17, 15) is 14.6 Å². The Morgan fingerprint density at radius 1 is 1.17 bits per heavy atom. The lowest BCUT2D eigenvalue weighted by Crippen LogP contribution is -2.83. The van der Waals surface area contributed by atoms with Gasteiger partial charge in [0.05, 0.1) is 12.2 Å². The summed E-state index contributed by atoms with van der Waals surface area (Å²) in [5.41, 5.74) is -0.0372. The number of piperidine rings is 1. The van der Waals surface area contributed by atoms with Crippen molar-refractivity contribution in [1.82, 2.24) is 4.90 Å². The molecule has 2 aliphatic heterocycles. The fourth-order valence-corrected chi connectivity index (χ4v) is 9.71. The van der Waals surface area contributed by atoms with Crippen LogP contribution in [-0.4, -0.2) is 64.8 Å². The molecule has 2 spiro atoms. The molecule has 198 valence electrons. The van der Waals surface area contributed by atoms with Crippen molar-refractivity contribution >= 4 is 0 Å². The van der Waals surface area contributed by atoms with E-state index >= 15 is 0 Å². The van der Waals surface area contributed by atoms with E-state index in [1.165, 1.54) is 24.0 Å². The third kappa shape index (κ3) is 2.62. The highest BCUT2D eigenvalue weighted by Crippen LogP contribution is 2.78. The van der Waals surface area contributed by atoms with E-state index in [1.54, 1.807) is 6.07 Å². The molecule has 1 saturated heterocycles. The van der Waals surface area contributed by atoms with Crippen LogP contribution in [0.1, 0.15) is 77.3 Å². The van der Waals surface area contributed by atoms with Crippen LogP contribution in [0.25, 0.3) is 0 Å². The molecule has 5 nitrogen and oxygen atoms in total. The van der Waals surface area contributed by atoms with Gasteiger partial charge >= 0.3 is 0 Å². The summed E-state index contributed by atoms with van der Waals surface area (Å²) in [6, 6.07) is 4.29. The van der Waals surface area contributed by atoms with Gasteiger partial charge in [-0.15, -0.1) is 0 Å². The number of hydrogen-bond acceptors (Lipinski definition) is 5. The van der Waals surface area contributed by atoms with Crippen LogP contribution < -0.4 is 4.74 Å². The van der Waals surface area contributed by atoms with Crippen LogP contribution in [0.3, 0.4) is 0 Å². The number of halogens is 1. The molecule has 2 N–H and O–H groups in total. The zero-order chi connectivity index (χ0) is 25.3. The molecule has 4 bridgehead atoms. The highest BCUT2D eigenvalue weighted by molar-refractivity contribution is 5.63. The molecule has 0 amide bonds. The summed E-state index contributed by atoms with van der Waals surface area (Å²) < 4.78 is 27.2. The Morgan fingerprint density at radius 2 is 1.94 bits per heavy atom. The summed E-state index contributed by atoms with van der Waals surface area (Å²) in [5.74, 6) is 1.45. The van der Waals surface area contributed by atoms with Gasteiger partial charge in [0.25, 0.3) is 0 Å². The number of aromatic hydroxyl groups is 1. The molecule has 7 aliphatic rings. The number of ether oxygens (including phenoxy) is 2. The van der Waals surface area contributed by atoms with Crippen molar-refractivity contribution in [2.45, 2.75) is 101 Å². The van der Waals surface area contributed by atoms with Gasteiger partial charge in [0.2, 0.25) is 0 Å². The molecule has 5 fully saturated rings. The predicted octanol–water partition coefficient (Wildman–Crippen LogP) is 4.75. The minimum atomic E-state index is -1.03. The number of phenolic OH excluding ortho intramolecular Hbond substituents is 1. The molecule has 5 aliphatic carbocycles. The van der Waals surface area contributed by atoms with E-state index in [0.29, 0.717) is 11.8 Å². The van der Waals surface area contributed by atoms with E-state index in [0.717, 1.165) is 51.1 Å². The van der Waals surface area contributed by atoms with Gasteiger partial charge in [0.1, 0.15) is 18.4 Å². The first-order chi connectivity index (χ1) is 17.0. The van der Waals surface area contributed by atoms with E-state index in [-0.39, 0.29) is 40.6 Å². The minimum Gasteiger partial charge on any atom is -0.504 e. The number of nitrogens with zero attached hydrogens (tertiary/aromatic N) is 1. The van der Waals surface area contributed by atoms with Crippen molar-refractivity contribution in [1.29, 1.82) is 0 Å². The SMILES string of the molecule is CC(C)(C)[C@@](C)(O)[C@H]1C[C@@]23CC[C@]1(OCCF)[C@@H]1Oc4c(O)ccc5c4[C@@]12CCN(CC1CC1)[C@@H]3C5. The number of aliphatic hydroxyl groups is 1. The molecule has 0 radical (unpaired) electrons. The topological polar surface area (TPSA) is 62.2 Å². The third-order valence-corrected chi connectivity index (χ3v) is 11.9. The lowest BCUT2D eigenvalue weighted by molar-refractivity contribution is -0.319. The Hall–Kier alpha value is -1.37. The zero-order valence-electron chi connectivity index (χ0n) is 22.3. The molecule has 7 atom stereocenters. The van der Waals surface area contributed by atoms with Crippen LogP contribution in [0.15, 0.2) is 12.1 Å². The quantitative estimate of drug-likeness (QED) is 0.591. The molecule has 4 saturated carbocycles. The lowest BCUT2D eigenvalue weighted by atomic mass is 9.33. The van der Waals surface area contributed by atoms with E-state index in [2.05, 4.69) is 31.7 Å². The van der Waals surface area contributed by atoms with Gasteiger partial charge in [-0.25, -0.2) is 4.39 Å². The molecule has 0 aromatic heterocycles. The van der Waals surface area contributed by atoms with Crippen LogP contribution >= 0.6 is 0 Å². The van der Waals surface area contributed by atoms with Crippen molar-refractivity contribution in [2.75, 3.05) is 26.4 Å². The summed E-state index contributed by atoms with van der Waals surface area (Å²) in [6.45, 7) is 9.90. The first kappa shape index (κ1) is 23.7. The summed E-state index contributed by atoms with van der Waals surface area (Å²) in [6.07, 6.45) is 6.89. The average Bonchev–Trinajstić information content (AvgIpc) is 3.57. The van der Waals surface area contributed by atoms with E-state index in [1.807, 2.05) is 6.92 Å². The van der Waals surface area contributed by atoms with Gasteiger partial charge in [-0.2, -0.15) is 0 Å². The van der Waals surface area contributed by atoms with Crippen molar-refractivity contribution < 1.29 is 24.1 Å². The zero-order valence-corrected chi connectivity index (χ0v) is 22.3. The van der Waals surface area contributed by atoms with Crippen LogP contribution in [-0.2, 0) is 16.6 Å². The smallest absolute Gasteiger partial charge is 0.165 e. The van der Waals surface area contributed by atoms with Gasteiger partial charge in [0, 0.05) is 34.9 Å². The highest BCUT2D eigenvalue weighted by atomic mass is 19.1. The average molecular weight is 500 g/mol. The number of rotatable bonds is 6. The summed E-state index contributed by atoms with van der Waals surface area (Å²) >= 11 is 0. The number of likely N-dealkylation sites (tertiary alicyclic amines) is 1. The summed E-state index contributed by atoms with van der Waals surface area (Å²) in [4.78, 5) is 2.78. The molecule has 8 rings (SSSR count). The van der Waals surface area contributed by atoms with Gasteiger partial charge < -0.3 is 19.7 Å². The largest absolute Gasteiger partial charge is 0.504 e. The number of hydrogen-bond donors (Lipinski definition) is 2. The number of fused-ring (bicyclic) bond motifs is 2. The molecular formula is C30H42FNO4. The Labute approximate surface area is 214 Å². The predicted molar refractivity (Wildman–Crippen MR) is 135 cm³/mol. The fraction of sp³-hybridized carbons (Fsp3) is 0.800. The van der Waals surface area contributed by atoms with Crippen LogP contribution in [0.4, 0.5) is 4.39 Å². The standard InChI is InChI=1S/C30H42FNO4/c1-26(2,3)27(4,34)21-16-28-9-10-30(21,35-14-12-31)25-29(28)11-13-32(17-18-5-6-18)22(28)15-19-7-8-20(33)24(36-25)23(19)29/h7-8,18,21-22,25,33-34H,5-6,9-17H2,1-4H3/t21-,22-,25-,27+,28-,29+,30-/m1/s1. The monoisotopic (exact) mass is 499 g/mol. The van der Waals surface area contributed by atoms with Crippen molar-refractivity contribution in [3.05, 3.63) is 23.3 Å². The second-order valence-electron chi connectivity index (χ2n) is 14.1. The summed E-state index contributed by atoms with van der Waals surface area (Å²) in [5, 5.41) is 23.3. The molecule has 1 aromatic rings. The highest BCUT2D eigenvalue weighted by Gasteiger charge is 2.82. The second-order valence-corrected chi connectivity index (χ2v) is 14.1. The number of benzene rings is 1. The fourth-order valence-electron chi connectivity index (χ4n) is 9.71. The normalized spacial score (nSPS) is 42.1. The van der Waals surface area contributed by atoms with Crippen LogP contribution in [0.5, 0.6) is 11.5 Å². The van der Waals surface area contributed by atoms with Crippen molar-refractivity contribution in [2.24, 2.45) is 22.7 Å². The van der Waals surface area contributed by atoms with Crippen molar-refractivity contribution in [3.63, 3.8) is 0 Å². The van der Waals surface area contributed by atoms with E-state index in [4.69, 9.17) is 9.47 Å². The lowest BCUT2D eigenvalue weighted by Gasteiger charge is -2.75. The Balaban J connectivity index is 1.46. The Morgan fingerprint density at radius 3 is 2.64 bits per heavy atom. The maximum absolute atomic E-state index is 13.7. The Bertz CT molecular complexity index is 1100. The molecule has 2 heterocycles. The molecule has 0 unspecified atom stereocenters. The minimum absolute atomic E-state index is 0.00603. The number of alkyl halides is 1. The van der Waals surface area contributed by atoms with Gasteiger partial charge in [0.15, 0.2) is 11.5 Å². The summed E-state index contributed by atoms with van der Waals surface area (Å²) in [7, 11) is 0. The Kier molecular flexibility index (Phi) is 4.73. The van der Waals surface area contributed by atoms with Crippen molar-refractivity contribution in [3.8, 4) is 11.5 Å². The van der Waals surface area contributed by atoms with Gasteiger partial charge in [-0.05, 0) is 81.4 Å². The second kappa shape index (κ2) is 7.18. The first-order valence-electron chi connectivity index (χ1n) is 14.2. The first-order valence-corrected chi connectivity index (χ1v) is 14.2. The van der Waals surface area contributed by atoms with Crippen LogP contribution in [0, 0.1) is 22.7 Å². The molecular weight excluding hydrogens is 457 g/mol. The van der Waals surface area contributed by atoms with Gasteiger partial charge in [-0.3, -0.25) is 4.90 Å². The molecule has 6 heteroatoms. The van der Waals surface area contributed by atoms with Crippen LogP contribution in [0.2, 0.25) is 0 Å². The third-order valence-electron chi connectivity index (χ3n) is 11.9. The molecule has 36 heavy (non-hydrogen) atoms. The van der Waals surface area contributed by atoms with E-state index < -0.39 is 17.9 Å². The maximum Gasteiger partial charge on any atom is 0.165 e. The maximum atomic E-state index is 13.7.